The van der Waals surface area contributed by atoms with Gasteiger partial charge >= 0.3 is 17.9 Å². The molecule has 0 aromatic heterocycles. The van der Waals surface area contributed by atoms with Crippen molar-refractivity contribution < 1.29 is 42.9 Å². The molecule has 0 aromatic carbocycles. The average Bonchev–Trinajstić information content (AvgIpc) is 3.44. The maximum Gasteiger partial charge on any atom is 0.361 e. The zero-order chi connectivity index (χ0) is 59.1. The number of carbonyl (C=O) groups excluding carboxylic acids is 2. The fraction of sp³-hybridized carbons (Fsp3) is 0.819. The van der Waals surface area contributed by atoms with Gasteiger partial charge in [-0.05, 0) is 83.5 Å². The lowest BCUT2D eigenvalue weighted by atomic mass is 10.0. The van der Waals surface area contributed by atoms with Gasteiger partial charge in [-0.15, -0.1) is 0 Å². The van der Waals surface area contributed by atoms with Crippen molar-refractivity contribution in [2.24, 2.45) is 0 Å². The lowest BCUT2D eigenvalue weighted by molar-refractivity contribution is -0.870. The Labute approximate surface area is 501 Å². The van der Waals surface area contributed by atoms with Crippen molar-refractivity contribution in [1.82, 2.24) is 0 Å². The van der Waals surface area contributed by atoms with Crippen LogP contribution in [0.2, 0.25) is 0 Å². The summed E-state index contributed by atoms with van der Waals surface area (Å²) < 4.78 is 22.9. The summed E-state index contributed by atoms with van der Waals surface area (Å²) in [6, 6.07) is 0. The summed E-state index contributed by atoms with van der Waals surface area (Å²) in [6.07, 6.45) is 79.1. The molecule has 0 saturated carbocycles. The lowest BCUT2D eigenvalue weighted by Gasteiger charge is -2.25. The zero-order valence-electron chi connectivity index (χ0n) is 53.9. The third-order valence-electron chi connectivity index (χ3n) is 15.2. The van der Waals surface area contributed by atoms with Crippen molar-refractivity contribution in [2.45, 2.75) is 334 Å². The highest BCUT2D eigenvalue weighted by Gasteiger charge is 2.25. The van der Waals surface area contributed by atoms with Crippen LogP contribution in [0.15, 0.2) is 60.8 Å². The van der Waals surface area contributed by atoms with Crippen LogP contribution in [0.25, 0.3) is 0 Å². The number of aliphatic carboxylic acids is 1. The van der Waals surface area contributed by atoms with Gasteiger partial charge in [-0.1, -0.05) is 286 Å². The number of likely N-dealkylation sites (N-methyl/N-ethyl adjacent to an activating group) is 1. The third kappa shape index (κ3) is 64.4. The van der Waals surface area contributed by atoms with Gasteiger partial charge in [-0.2, -0.15) is 0 Å². The molecular formula is C72H132NO8+. The molecule has 0 radical (unpaired) electrons. The smallest absolute Gasteiger partial charge is 0.361 e. The van der Waals surface area contributed by atoms with E-state index in [0.29, 0.717) is 23.9 Å². The number of rotatable bonds is 64. The number of unbranched alkanes of at least 4 members (excludes halogenated alkanes) is 39. The first kappa shape index (κ1) is 78.0. The molecule has 0 aliphatic heterocycles. The predicted octanol–water partition coefficient (Wildman–Crippen LogP) is 21.1. The first-order valence-corrected chi connectivity index (χ1v) is 34.5. The Balaban J connectivity index is 4.05. The molecule has 0 heterocycles. The molecule has 9 heteroatoms. The quantitative estimate of drug-likeness (QED) is 0.0211. The molecule has 81 heavy (non-hydrogen) atoms. The molecule has 0 amide bonds. The zero-order valence-corrected chi connectivity index (χ0v) is 53.9. The van der Waals surface area contributed by atoms with Crippen LogP contribution in [0.5, 0.6) is 0 Å². The van der Waals surface area contributed by atoms with Crippen LogP contribution in [0.1, 0.15) is 322 Å². The number of carboxylic acids is 1. The Morgan fingerprint density at radius 2 is 0.667 bits per heavy atom. The molecule has 2 unspecified atom stereocenters. The summed E-state index contributed by atoms with van der Waals surface area (Å²) in [5.74, 6) is -2.01. The van der Waals surface area contributed by atoms with Gasteiger partial charge in [0, 0.05) is 12.8 Å². The Kier molecular flexibility index (Phi) is 60.7. The molecular weight excluding hydrogens is 1010 g/mol. The van der Waals surface area contributed by atoms with E-state index in [1.54, 1.807) is 0 Å². The second-order valence-electron chi connectivity index (χ2n) is 24.5. The second-order valence-corrected chi connectivity index (χ2v) is 24.5. The minimum atomic E-state index is -1.52. The lowest BCUT2D eigenvalue weighted by Crippen LogP contribution is -2.40. The summed E-state index contributed by atoms with van der Waals surface area (Å²) in [7, 11) is 5.97. The number of esters is 2. The number of nitrogens with zero attached hydrogens (tertiary/aromatic N) is 1. The Morgan fingerprint density at radius 3 is 0.988 bits per heavy atom. The van der Waals surface area contributed by atoms with E-state index >= 15 is 0 Å². The SMILES string of the molecule is CCCCCCC/C=C\C/C=C\C/C=C\CCCCCCCCC(=O)OC(COC(=O)CCCCCCCCCCCCCCCCCCCCCCCCC/C=C\C/C=C\CCCCCCC)COC(OCC[N+](C)(C)C)C(=O)O. The minimum absolute atomic E-state index is 0.185. The summed E-state index contributed by atoms with van der Waals surface area (Å²) in [5.41, 5.74) is 0. The van der Waals surface area contributed by atoms with Crippen molar-refractivity contribution in [2.75, 3.05) is 47.5 Å². The van der Waals surface area contributed by atoms with Gasteiger partial charge in [-0.25, -0.2) is 4.79 Å². The van der Waals surface area contributed by atoms with E-state index < -0.39 is 24.3 Å². The van der Waals surface area contributed by atoms with E-state index in [0.717, 1.165) is 64.2 Å². The highest BCUT2D eigenvalue weighted by molar-refractivity contribution is 5.71. The van der Waals surface area contributed by atoms with Crippen molar-refractivity contribution >= 4 is 17.9 Å². The van der Waals surface area contributed by atoms with Gasteiger partial charge in [0.25, 0.3) is 6.29 Å². The Bertz CT molecular complexity index is 1510. The first-order valence-electron chi connectivity index (χ1n) is 34.5. The van der Waals surface area contributed by atoms with Crippen molar-refractivity contribution in [3.63, 3.8) is 0 Å². The fourth-order valence-electron chi connectivity index (χ4n) is 9.94. The molecule has 472 valence electrons. The molecule has 0 fully saturated rings. The van der Waals surface area contributed by atoms with Crippen LogP contribution in [-0.4, -0.2) is 87.4 Å². The highest BCUT2D eigenvalue weighted by Crippen LogP contribution is 2.18. The van der Waals surface area contributed by atoms with Gasteiger partial charge in [0.15, 0.2) is 6.10 Å². The summed E-state index contributed by atoms with van der Waals surface area (Å²) >= 11 is 0. The minimum Gasteiger partial charge on any atom is -0.477 e. The first-order chi connectivity index (χ1) is 39.6. The summed E-state index contributed by atoms with van der Waals surface area (Å²) in [5, 5.41) is 9.73. The number of ether oxygens (including phenoxy) is 4. The van der Waals surface area contributed by atoms with Gasteiger partial charge in [-0.3, -0.25) is 9.59 Å². The van der Waals surface area contributed by atoms with E-state index in [1.807, 2.05) is 21.1 Å². The van der Waals surface area contributed by atoms with Gasteiger partial charge < -0.3 is 28.5 Å². The molecule has 9 nitrogen and oxygen atoms in total. The maximum atomic E-state index is 12.9. The van der Waals surface area contributed by atoms with E-state index in [4.69, 9.17) is 18.9 Å². The standard InChI is InChI=1S/C72H131NO8/c1-6-8-10-12-14-16-18-20-22-24-26-28-29-30-31-32-33-34-35-36-37-38-39-40-41-43-44-46-48-50-52-54-56-58-60-62-69(74)79-66-68(67-80-72(71(76)77)78-65-64-73(3,4)5)81-70(75)63-61-59-57-55-53-51-49-47-45-42-27-25-23-21-19-17-15-13-11-9-7-2/h18-21,24-27,45,47,68,72H,6-17,22-23,28-44,46,48-67H2,1-5H3/p+1/b20-18-,21-19-,26-24-,27-25-,47-45-. The number of allylic oxidation sites excluding steroid dienone is 10. The van der Waals surface area contributed by atoms with Crippen LogP contribution in [-0.2, 0) is 33.3 Å². The monoisotopic (exact) mass is 1140 g/mol. The van der Waals surface area contributed by atoms with E-state index in [2.05, 4.69) is 74.6 Å². The van der Waals surface area contributed by atoms with Crippen molar-refractivity contribution in [1.29, 1.82) is 0 Å². The number of carbonyl (C=O) groups is 3. The van der Waals surface area contributed by atoms with Crippen LogP contribution >= 0.6 is 0 Å². The molecule has 0 aliphatic rings. The maximum absolute atomic E-state index is 12.9. The van der Waals surface area contributed by atoms with Gasteiger partial charge in [0.05, 0.1) is 34.4 Å². The average molecular weight is 1140 g/mol. The van der Waals surface area contributed by atoms with Gasteiger partial charge in [0.1, 0.15) is 13.2 Å². The third-order valence-corrected chi connectivity index (χ3v) is 15.2. The van der Waals surface area contributed by atoms with E-state index in [-0.39, 0.29) is 32.2 Å². The summed E-state index contributed by atoms with van der Waals surface area (Å²) in [4.78, 5) is 37.6. The van der Waals surface area contributed by atoms with Crippen molar-refractivity contribution in [3.05, 3.63) is 60.8 Å². The number of carboxylic acid groups (broad SMARTS) is 1. The fourth-order valence-corrected chi connectivity index (χ4v) is 9.94. The predicted molar refractivity (Wildman–Crippen MR) is 346 cm³/mol. The Morgan fingerprint density at radius 1 is 0.370 bits per heavy atom. The second kappa shape index (κ2) is 63.0. The van der Waals surface area contributed by atoms with E-state index in [1.165, 1.54) is 225 Å². The van der Waals surface area contributed by atoms with Crippen LogP contribution in [0.3, 0.4) is 0 Å². The number of quaternary nitrogens is 1. The van der Waals surface area contributed by atoms with Crippen LogP contribution in [0, 0.1) is 0 Å². The Hall–Kier alpha value is -3.01. The largest absolute Gasteiger partial charge is 0.477 e. The number of hydrogen-bond donors (Lipinski definition) is 1. The molecule has 0 saturated heterocycles. The molecule has 0 bridgehead atoms. The molecule has 1 N–H and O–H groups in total. The van der Waals surface area contributed by atoms with E-state index in [9.17, 15) is 19.5 Å². The molecule has 0 rings (SSSR count). The van der Waals surface area contributed by atoms with Crippen molar-refractivity contribution in [3.8, 4) is 0 Å². The molecule has 0 spiro atoms. The number of hydrogen-bond acceptors (Lipinski definition) is 7. The molecule has 2 atom stereocenters. The summed E-state index contributed by atoms with van der Waals surface area (Å²) in [6.45, 7) is 4.88. The highest BCUT2D eigenvalue weighted by atomic mass is 16.7. The van der Waals surface area contributed by atoms with Gasteiger partial charge in [0.2, 0.25) is 0 Å². The molecule has 0 aliphatic carbocycles. The topological polar surface area (TPSA) is 108 Å². The molecule has 0 aromatic rings. The van der Waals surface area contributed by atoms with Crippen LogP contribution < -0.4 is 0 Å². The normalized spacial score (nSPS) is 13.0. The van der Waals surface area contributed by atoms with Crippen LogP contribution in [0.4, 0.5) is 0 Å².